The fourth-order valence-corrected chi connectivity index (χ4v) is 1.13. The Morgan fingerprint density at radius 2 is 1.93 bits per heavy atom. The molecule has 0 atom stereocenters. The summed E-state index contributed by atoms with van der Waals surface area (Å²) in [5.74, 6) is 0.359. The Bertz CT molecular complexity index is 352. The van der Waals surface area contributed by atoms with Gasteiger partial charge in [-0.3, -0.25) is 0 Å². The Morgan fingerprint density at radius 3 is 2.40 bits per heavy atom. The molecule has 0 spiro atoms. The van der Waals surface area contributed by atoms with Crippen molar-refractivity contribution in [2.24, 2.45) is 0 Å². The predicted octanol–water partition coefficient (Wildman–Crippen LogP) is 2.27. The highest BCUT2D eigenvalue weighted by Crippen LogP contribution is 2.18. The lowest BCUT2D eigenvalue weighted by atomic mass is 10.1. The minimum Gasteiger partial charge on any atom is -0.497 e. The van der Waals surface area contributed by atoms with Gasteiger partial charge in [-0.2, -0.15) is 0 Å². The van der Waals surface area contributed by atoms with E-state index < -0.39 is 0 Å². The summed E-state index contributed by atoms with van der Waals surface area (Å²) in [6, 6.07) is 7.11. The summed E-state index contributed by atoms with van der Waals surface area (Å²) in [4.78, 5) is 11.3. The SMILES string of the molecule is C=C(C(=O)OCC)c1ccc(OC)cc1. The van der Waals surface area contributed by atoms with E-state index in [1.54, 1.807) is 38.3 Å². The number of carbonyl (C=O) groups is 1. The van der Waals surface area contributed by atoms with Crippen molar-refractivity contribution in [3.63, 3.8) is 0 Å². The monoisotopic (exact) mass is 206 g/mol. The highest BCUT2D eigenvalue weighted by Gasteiger charge is 2.09. The molecule has 0 unspecified atom stereocenters. The van der Waals surface area contributed by atoms with Crippen LogP contribution in [0, 0.1) is 0 Å². The molecule has 0 bridgehead atoms. The van der Waals surface area contributed by atoms with Crippen molar-refractivity contribution in [1.29, 1.82) is 0 Å². The van der Waals surface area contributed by atoms with Crippen LogP contribution in [-0.4, -0.2) is 19.7 Å². The largest absolute Gasteiger partial charge is 0.497 e. The molecule has 80 valence electrons. The lowest BCUT2D eigenvalue weighted by Crippen LogP contribution is -2.05. The number of esters is 1. The van der Waals surface area contributed by atoms with E-state index in [2.05, 4.69) is 6.58 Å². The van der Waals surface area contributed by atoms with Crippen molar-refractivity contribution in [3.8, 4) is 5.75 Å². The third-order valence-electron chi connectivity index (χ3n) is 1.96. The molecule has 0 aliphatic rings. The van der Waals surface area contributed by atoms with Gasteiger partial charge in [-0.15, -0.1) is 0 Å². The molecule has 1 rings (SSSR count). The average Bonchev–Trinajstić information content (AvgIpc) is 2.28. The maximum absolute atomic E-state index is 11.3. The highest BCUT2D eigenvalue weighted by molar-refractivity contribution is 6.15. The molecule has 0 amide bonds. The van der Waals surface area contributed by atoms with Crippen molar-refractivity contribution in [3.05, 3.63) is 36.4 Å². The fraction of sp³-hybridized carbons (Fsp3) is 0.250. The fourth-order valence-electron chi connectivity index (χ4n) is 1.13. The Kier molecular flexibility index (Phi) is 3.92. The van der Waals surface area contributed by atoms with Crippen LogP contribution in [0.3, 0.4) is 0 Å². The van der Waals surface area contributed by atoms with E-state index in [0.717, 1.165) is 11.3 Å². The first-order valence-electron chi connectivity index (χ1n) is 4.69. The van der Waals surface area contributed by atoms with E-state index in [9.17, 15) is 4.79 Å². The van der Waals surface area contributed by atoms with Gasteiger partial charge in [-0.05, 0) is 24.6 Å². The van der Waals surface area contributed by atoms with Gasteiger partial charge in [-0.25, -0.2) is 4.79 Å². The molecule has 0 aromatic heterocycles. The van der Waals surface area contributed by atoms with Crippen molar-refractivity contribution in [1.82, 2.24) is 0 Å². The van der Waals surface area contributed by atoms with Crippen LogP contribution in [0.2, 0.25) is 0 Å². The lowest BCUT2D eigenvalue weighted by molar-refractivity contribution is -0.136. The number of methoxy groups -OCH3 is 1. The first kappa shape index (κ1) is 11.3. The summed E-state index contributed by atoms with van der Waals surface area (Å²) in [7, 11) is 1.59. The Hall–Kier alpha value is -1.77. The first-order valence-corrected chi connectivity index (χ1v) is 4.69. The Labute approximate surface area is 89.3 Å². The molecule has 1 aromatic carbocycles. The zero-order valence-electron chi connectivity index (χ0n) is 8.95. The van der Waals surface area contributed by atoms with Crippen LogP contribution in [0.4, 0.5) is 0 Å². The van der Waals surface area contributed by atoms with Crippen LogP contribution in [0.5, 0.6) is 5.75 Å². The number of hydrogen-bond donors (Lipinski definition) is 0. The zero-order chi connectivity index (χ0) is 11.3. The first-order chi connectivity index (χ1) is 7.19. The summed E-state index contributed by atoms with van der Waals surface area (Å²) < 4.78 is 9.86. The summed E-state index contributed by atoms with van der Waals surface area (Å²) in [6.45, 7) is 5.80. The van der Waals surface area contributed by atoms with Crippen LogP contribution in [-0.2, 0) is 9.53 Å². The molecule has 0 radical (unpaired) electrons. The van der Waals surface area contributed by atoms with Gasteiger partial charge in [0.25, 0.3) is 0 Å². The van der Waals surface area contributed by atoms with E-state index in [1.165, 1.54) is 0 Å². The second-order valence-corrected chi connectivity index (χ2v) is 2.93. The summed E-state index contributed by atoms with van der Waals surface area (Å²) >= 11 is 0. The van der Waals surface area contributed by atoms with Crippen LogP contribution in [0.15, 0.2) is 30.8 Å². The maximum atomic E-state index is 11.3. The van der Waals surface area contributed by atoms with Crippen LogP contribution in [0.25, 0.3) is 5.57 Å². The molecule has 15 heavy (non-hydrogen) atoms. The number of carbonyl (C=O) groups excluding carboxylic acids is 1. The molecule has 1 aromatic rings. The van der Waals surface area contributed by atoms with Crippen molar-refractivity contribution in [2.45, 2.75) is 6.92 Å². The summed E-state index contributed by atoms with van der Waals surface area (Å²) in [6.07, 6.45) is 0. The van der Waals surface area contributed by atoms with Gasteiger partial charge >= 0.3 is 5.97 Å². The minimum atomic E-state index is -0.386. The molecular weight excluding hydrogens is 192 g/mol. The van der Waals surface area contributed by atoms with Gasteiger partial charge in [-0.1, -0.05) is 18.7 Å². The van der Waals surface area contributed by atoms with Gasteiger partial charge in [0.05, 0.1) is 19.3 Å². The quantitative estimate of drug-likeness (QED) is 0.560. The van der Waals surface area contributed by atoms with Crippen LogP contribution >= 0.6 is 0 Å². The van der Waals surface area contributed by atoms with Crippen molar-refractivity contribution in [2.75, 3.05) is 13.7 Å². The standard InChI is InChI=1S/C12H14O3/c1-4-15-12(13)9(2)10-5-7-11(14-3)8-6-10/h5-8H,2,4H2,1,3H3. The molecule has 0 saturated heterocycles. The van der Waals surface area contributed by atoms with Gasteiger partial charge in [0.15, 0.2) is 0 Å². The van der Waals surface area contributed by atoms with Gasteiger partial charge < -0.3 is 9.47 Å². The molecule has 0 heterocycles. The molecule has 0 fully saturated rings. The van der Waals surface area contributed by atoms with E-state index in [4.69, 9.17) is 9.47 Å². The maximum Gasteiger partial charge on any atom is 0.338 e. The lowest BCUT2D eigenvalue weighted by Gasteiger charge is -2.06. The molecule has 0 N–H and O–H groups in total. The molecule has 3 heteroatoms. The number of ether oxygens (including phenoxy) is 2. The second kappa shape index (κ2) is 5.20. The van der Waals surface area contributed by atoms with E-state index in [0.29, 0.717) is 12.2 Å². The summed E-state index contributed by atoms with van der Waals surface area (Å²) in [5.41, 5.74) is 1.11. The molecular formula is C12H14O3. The molecule has 0 aliphatic heterocycles. The second-order valence-electron chi connectivity index (χ2n) is 2.93. The summed E-state index contributed by atoms with van der Waals surface area (Å²) in [5, 5.41) is 0. The third kappa shape index (κ3) is 2.84. The van der Waals surface area contributed by atoms with Crippen LogP contribution < -0.4 is 4.74 Å². The third-order valence-corrected chi connectivity index (χ3v) is 1.96. The number of rotatable bonds is 4. The highest BCUT2D eigenvalue weighted by atomic mass is 16.5. The zero-order valence-corrected chi connectivity index (χ0v) is 8.95. The smallest absolute Gasteiger partial charge is 0.338 e. The van der Waals surface area contributed by atoms with Crippen LogP contribution in [0.1, 0.15) is 12.5 Å². The minimum absolute atomic E-state index is 0.355. The topological polar surface area (TPSA) is 35.5 Å². The van der Waals surface area contributed by atoms with E-state index in [1.807, 2.05) is 0 Å². The van der Waals surface area contributed by atoms with Gasteiger partial charge in [0.1, 0.15) is 5.75 Å². The van der Waals surface area contributed by atoms with Crippen molar-refractivity contribution >= 4 is 11.5 Å². The van der Waals surface area contributed by atoms with E-state index >= 15 is 0 Å². The molecule has 3 nitrogen and oxygen atoms in total. The normalized spacial score (nSPS) is 9.47. The predicted molar refractivity (Wildman–Crippen MR) is 58.7 cm³/mol. The van der Waals surface area contributed by atoms with E-state index in [-0.39, 0.29) is 5.97 Å². The van der Waals surface area contributed by atoms with Crippen molar-refractivity contribution < 1.29 is 14.3 Å². The molecule has 0 saturated carbocycles. The Balaban J connectivity index is 2.78. The van der Waals surface area contributed by atoms with Gasteiger partial charge in [0, 0.05) is 0 Å². The molecule has 0 aliphatic carbocycles. The number of hydrogen-bond acceptors (Lipinski definition) is 3. The van der Waals surface area contributed by atoms with Gasteiger partial charge in [0.2, 0.25) is 0 Å². The number of benzene rings is 1. The average molecular weight is 206 g/mol. The Morgan fingerprint density at radius 1 is 1.33 bits per heavy atom.